The van der Waals surface area contributed by atoms with Crippen LogP contribution in [0.25, 0.3) is 0 Å². The molecule has 6 nitrogen and oxygen atoms in total. The van der Waals surface area contributed by atoms with Crippen molar-refractivity contribution in [2.75, 3.05) is 16.3 Å². The summed E-state index contributed by atoms with van der Waals surface area (Å²) >= 11 is 0. The molecule has 0 spiro atoms. The van der Waals surface area contributed by atoms with Crippen molar-refractivity contribution in [2.45, 2.75) is 6.92 Å². The number of hydrogen-bond donors (Lipinski definition) is 2. The molecule has 2 N–H and O–H groups in total. The predicted molar refractivity (Wildman–Crippen MR) is 57.0 cm³/mol. The van der Waals surface area contributed by atoms with Crippen molar-refractivity contribution in [1.29, 1.82) is 0 Å². The first-order valence-electron chi connectivity index (χ1n) is 4.08. The van der Waals surface area contributed by atoms with E-state index < -0.39 is 10.0 Å². The quantitative estimate of drug-likeness (QED) is 0.785. The lowest BCUT2D eigenvalue weighted by Gasteiger charge is -2.04. The maximum absolute atomic E-state index is 10.9. The first kappa shape index (κ1) is 11.4. The van der Waals surface area contributed by atoms with Gasteiger partial charge in [0.25, 0.3) is 0 Å². The lowest BCUT2D eigenvalue weighted by Crippen LogP contribution is -2.11. The van der Waals surface area contributed by atoms with Gasteiger partial charge in [-0.1, -0.05) is 0 Å². The van der Waals surface area contributed by atoms with E-state index in [4.69, 9.17) is 0 Å². The lowest BCUT2D eigenvalue weighted by atomic mass is 10.4. The van der Waals surface area contributed by atoms with Gasteiger partial charge in [0.05, 0.1) is 18.1 Å². The molecule has 15 heavy (non-hydrogen) atoms. The zero-order chi connectivity index (χ0) is 11.5. The summed E-state index contributed by atoms with van der Waals surface area (Å²) in [6.07, 6.45) is 2.38. The third-order valence-electron chi connectivity index (χ3n) is 1.37. The van der Waals surface area contributed by atoms with Crippen LogP contribution in [0.4, 0.5) is 11.5 Å². The van der Waals surface area contributed by atoms with Crippen LogP contribution in [0.3, 0.4) is 0 Å². The van der Waals surface area contributed by atoms with Gasteiger partial charge in [0.1, 0.15) is 5.82 Å². The van der Waals surface area contributed by atoms with E-state index in [9.17, 15) is 13.2 Å². The Labute approximate surface area is 87.8 Å². The number of carbonyl (C=O) groups is 1. The Kier molecular flexibility index (Phi) is 3.25. The molecule has 0 radical (unpaired) electrons. The number of sulfonamides is 1. The number of anilines is 2. The molecular weight excluding hydrogens is 218 g/mol. The van der Waals surface area contributed by atoms with Crippen molar-refractivity contribution < 1.29 is 13.2 Å². The van der Waals surface area contributed by atoms with Crippen LogP contribution in [0.5, 0.6) is 0 Å². The molecule has 1 rings (SSSR count). The Balaban J connectivity index is 2.77. The number of carbonyl (C=O) groups excluding carboxylic acids is 1. The van der Waals surface area contributed by atoms with E-state index in [1.165, 1.54) is 25.3 Å². The summed E-state index contributed by atoms with van der Waals surface area (Å²) in [5.74, 6) is 0.146. The highest BCUT2D eigenvalue weighted by Crippen LogP contribution is 2.10. The van der Waals surface area contributed by atoms with Crippen LogP contribution in [-0.2, 0) is 14.8 Å². The van der Waals surface area contributed by atoms with Gasteiger partial charge in [-0.2, -0.15) is 0 Å². The van der Waals surface area contributed by atoms with Crippen molar-refractivity contribution >= 4 is 27.4 Å². The summed E-state index contributed by atoms with van der Waals surface area (Å²) < 4.78 is 24.0. The Morgan fingerprint density at radius 1 is 1.40 bits per heavy atom. The van der Waals surface area contributed by atoms with Crippen LogP contribution < -0.4 is 10.0 Å². The highest BCUT2D eigenvalue weighted by Gasteiger charge is 2.02. The number of hydrogen-bond acceptors (Lipinski definition) is 4. The van der Waals surface area contributed by atoms with Crippen LogP contribution in [-0.4, -0.2) is 25.6 Å². The van der Waals surface area contributed by atoms with Crippen LogP contribution in [0.1, 0.15) is 6.92 Å². The summed E-state index contributed by atoms with van der Waals surface area (Å²) in [4.78, 5) is 14.5. The number of pyridine rings is 1. The molecule has 0 aliphatic heterocycles. The van der Waals surface area contributed by atoms with E-state index in [0.717, 1.165) is 6.26 Å². The zero-order valence-corrected chi connectivity index (χ0v) is 9.13. The smallest absolute Gasteiger partial charge is 0.229 e. The summed E-state index contributed by atoms with van der Waals surface area (Å²) in [6.45, 7) is 1.37. The van der Waals surface area contributed by atoms with Crippen LogP contribution in [0.15, 0.2) is 18.3 Å². The Hall–Kier alpha value is -1.63. The second-order valence-electron chi connectivity index (χ2n) is 2.99. The van der Waals surface area contributed by atoms with E-state index in [-0.39, 0.29) is 5.91 Å². The van der Waals surface area contributed by atoms with E-state index >= 15 is 0 Å². The fraction of sp³-hybridized carbons (Fsp3) is 0.250. The van der Waals surface area contributed by atoms with Crippen LogP contribution in [0.2, 0.25) is 0 Å². The zero-order valence-electron chi connectivity index (χ0n) is 8.31. The monoisotopic (exact) mass is 229 g/mol. The van der Waals surface area contributed by atoms with E-state index in [1.807, 2.05) is 0 Å². The topological polar surface area (TPSA) is 88.2 Å². The molecule has 0 fully saturated rings. The number of aromatic nitrogens is 1. The Morgan fingerprint density at radius 3 is 2.47 bits per heavy atom. The average Bonchev–Trinajstić information content (AvgIpc) is 2.05. The summed E-state index contributed by atoms with van der Waals surface area (Å²) in [7, 11) is -3.29. The van der Waals surface area contributed by atoms with E-state index in [1.54, 1.807) is 0 Å². The maximum Gasteiger partial charge on any atom is 0.229 e. The molecule has 0 aliphatic rings. The van der Waals surface area contributed by atoms with Gasteiger partial charge >= 0.3 is 0 Å². The highest BCUT2D eigenvalue weighted by molar-refractivity contribution is 7.92. The van der Waals surface area contributed by atoms with Crippen molar-refractivity contribution in [3.8, 4) is 0 Å². The molecule has 1 aromatic rings. The molecule has 1 aromatic heterocycles. The van der Waals surface area contributed by atoms with Crippen LogP contribution in [0, 0.1) is 0 Å². The fourth-order valence-corrected chi connectivity index (χ4v) is 1.47. The number of nitrogens with zero attached hydrogens (tertiary/aromatic N) is 1. The molecule has 0 bridgehead atoms. The van der Waals surface area contributed by atoms with Crippen molar-refractivity contribution in [3.05, 3.63) is 18.3 Å². The Bertz CT molecular complexity index is 453. The molecule has 0 atom stereocenters. The molecule has 7 heteroatoms. The van der Waals surface area contributed by atoms with Crippen molar-refractivity contribution in [1.82, 2.24) is 4.98 Å². The van der Waals surface area contributed by atoms with Gasteiger partial charge in [-0.05, 0) is 12.1 Å². The Morgan fingerprint density at radius 2 is 2.07 bits per heavy atom. The standard InChI is InChI=1S/C8H11N3O3S/c1-6(12)10-8-4-3-7(5-9-8)11-15(2,13)14/h3-5,11H,1-2H3,(H,9,10,12). The molecule has 0 saturated heterocycles. The van der Waals surface area contributed by atoms with Gasteiger partial charge in [0, 0.05) is 6.92 Å². The van der Waals surface area contributed by atoms with Crippen molar-refractivity contribution in [3.63, 3.8) is 0 Å². The average molecular weight is 229 g/mol. The molecule has 82 valence electrons. The second kappa shape index (κ2) is 4.26. The van der Waals surface area contributed by atoms with Gasteiger partial charge in [-0.15, -0.1) is 0 Å². The fourth-order valence-electron chi connectivity index (χ4n) is 0.923. The molecule has 0 saturated carbocycles. The SMILES string of the molecule is CC(=O)Nc1ccc(NS(C)(=O)=O)cn1. The largest absolute Gasteiger partial charge is 0.311 e. The van der Waals surface area contributed by atoms with Crippen molar-refractivity contribution in [2.24, 2.45) is 0 Å². The minimum absolute atomic E-state index is 0.230. The summed E-state index contributed by atoms with van der Waals surface area (Å²) in [5, 5.41) is 2.47. The second-order valence-corrected chi connectivity index (χ2v) is 4.74. The van der Waals surface area contributed by atoms with Gasteiger partial charge < -0.3 is 5.32 Å². The first-order chi connectivity index (χ1) is 6.87. The van der Waals surface area contributed by atoms with Gasteiger partial charge in [-0.25, -0.2) is 13.4 Å². The number of nitrogens with one attached hydrogen (secondary N) is 2. The summed E-state index contributed by atoms with van der Waals surface area (Å²) in [5.41, 5.74) is 0.353. The molecule has 0 unspecified atom stereocenters. The van der Waals surface area contributed by atoms with E-state index in [0.29, 0.717) is 11.5 Å². The summed E-state index contributed by atoms with van der Waals surface area (Å²) in [6, 6.07) is 3.02. The number of amides is 1. The third kappa shape index (κ3) is 4.41. The minimum Gasteiger partial charge on any atom is -0.311 e. The molecule has 1 amide bonds. The number of rotatable bonds is 3. The van der Waals surface area contributed by atoms with Crippen LogP contribution >= 0.6 is 0 Å². The van der Waals surface area contributed by atoms with Gasteiger partial charge in [0.15, 0.2) is 0 Å². The predicted octanol–water partition coefficient (Wildman–Crippen LogP) is 0.411. The van der Waals surface area contributed by atoms with E-state index in [2.05, 4.69) is 15.0 Å². The highest BCUT2D eigenvalue weighted by atomic mass is 32.2. The maximum atomic E-state index is 10.9. The van der Waals surface area contributed by atoms with Gasteiger partial charge in [0.2, 0.25) is 15.9 Å². The third-order valence-corrected chi connectivity index (χ3v) is 1.98. The first-order valence-corrected chi connectivity index (χ1v) is 5.97. The molecule has 0 aliphatic carbocycles. The minimum atomic E-state index is -3.29. The molecule has 0 aromatic carbocycles. The van der Waals surface area contributed by atoms with Gasteiger partial charge in [-0.3, -0.25) is 9.52 Å². The molecule has 1 heterocycles. The molecular formula is C8H11N3O3S. The normalized spacial score (nSPS) is 10.8. The lowest BCUT2D eigenvalue weighted by molar-refractivity contribution is -0.114.